The van der Waals surface area contributed by atoms with Gasteiger partial charge in [-0.1, -0.05) is 0 Å². The van der Waals surface area contributed by atoms with Gasteiger partial charge in [0.05, 0.1) is 6.20 Å². The number of pyridine rings is 1. The molecule has 2 unspecified atom stereocenters. The highest BCUT2D eigenvalue weighted by Gasteiger charge is 2.48. The smallest absolute Gasteiger partial charge is 0.141 e. The molecule has 4 rings (SSSR count). The molecule has 0 aromatic carbocycles. The van der Waals surface area contributed by atoms with Gasteiger partial charge in [-0.25, -0.2) is 0 Å². The lowest BCUT2D eigenvalue weighted by molar-refractivity contribution is 0.0396. The molecule has 2 bridgehead atoms. The Bertz CT molecular complexity index is 393. The van der Waals surface area contributed by atoms with Gasteiger partial charge in [0.2, 0.25) is 0 Å². The van der Waals surface area contributed by atoms with Crippen LogP contribution in [0.5, 0.6) is 5.75 Å². The summed E-state index contributed by atoms with van der Waals surface area (Å²) in [4.78, 5) is 4.15. The molecule has 3 aliphatic rings. The van der Waals surface area contributed by atoms with Gasteiger partial charge >= 0.3 is 0 Å². The van der Waals surface area contributed by atoms with Crippen molar-refractivity contribution in [3.05, 3.63) is 24.0 Å². The molecule has 1 N–H and O–H groups in total. The maximum absolute atomic E-state index is 6.21. The minimum Gasteiger partial charge on any atom is -0.485 e. The third kappa shape index (κ3) is 1.21. The van der Waals surface area contributed by atoms with Crippen LogP contribution < -0.4 is 10.1 Å². The highest BCUT2D eigenvalue weighted by molar-refractivity contribution is 5.37. The van der Waals surface area contributed by atoms with Gasteiger partial charge in [-0.15, -0.1) is 0 Å². The Hall–Kier alpha value is -1.09. The van der Waals surface area contributed by atoms with E-state index in [2.05, 4.69) is 16.4 Å². The van der Waals surface area contributed by atoms with Crippen molar-refractivity contribution < 1.29 is 4.74 Å². The SMILES string of the molecule is c1cc2c(cn1)OC1(C2)CC2CCC(C1)N2. The van der Waals surface area contributed by atoms with Crippen molar-refractivity contribution in [2.24, 2.45) is 0 Å². The fourth-order valence-electron chi connectivity index (χ4n) is 3.70. The molecule has 1 aromatic heterocycles. The van der Waals surface area contributed by atoms with Crippen molar-refractivity contribution in [3.63, 3.8) is 0 Å². The van der Waals surface area contributed by atoms with Gasteiger partial charge in [0.1, 0.15) is 11.4 Å². The topological polar surface area (TPSA) is 34.1 Å². The molecule has 3 nitrogen and oxygen atoms in total. The van der Waals surface area contributed by atoms with E-state index in [9.17, 15) is 0 Å². The van der Waals surface area contributed by atoms with Crippen LogP contribution in [0, 0.1) is 0 Å². The highest BCUT2D eigenvalue weighted by Crippen LogP contribution is 2.44. The van der Waals surface area contributed by atoms with Crippen LogP contribution in [-0.4, -0.2) is 22.7 Å². The lowest BCUT2D eigenvalue weighted by atomic mass is 9.84. The number of hydrogen-bond acceptors (Lipinski definition) is 3. The Morgan fingerprint density at radius 2 is 2.12 bits per heavy atom. The fraction of sp³-hybridized carbons (Fsp3) is 0.615. The van der Waals surface area contributed by atoms with Gasteiger partial charge in [-0.3, -0.25) is 4.98 Å². The second kappa shape index (κ2) is 2.98. The third-order valence-corrected chi connectivity index (χ3v) is 4.28. The number of fused-ring (bicyclic) bond motifs is 3. The van der Waals surface area contributed by atoms with Crippen molar-refractivity contribution in [2.45, 2.75) is 49.8 Å². The fourth-order valence-corrected chi connectivity index (χ4v) is 3.70. The minimum absolute atomic E-state index is 0.0858. The lowest BCUT2D eigenvalue weighted by Crippen LogP contribution is -2.51. The molecular weight excluding hydrogens is 200 g/mol. The summed E-state index contributed by atoms with van der Waals surface area (Å²) in [6, 6.07) is 3.47. The maximum atomic E-state index is 6.21. The van der Waals surface area contributed by atoms with Gasteiger partial charge in [0, 0.05) is 43.1 Å². The first-order valence-corrected chi connectivity index (χ1v) is 6.21. The zero-order valence-electron chi connectivity index (χ0n) is 9.28. The number of aromatic nitrogens is 1. The summed E-state index contributed by atoms with van der Waals surface area (Å²) < 4.78 is 6.21. The molecule has 0 aliphatic carbocycles. The van der Waals surface area contributed by atoms with E-state index in [0.29, 0.717) is 12.1 Å². The van der Waals surface area contributed by atoms with E-state index < -0.39 is 0 Å². The van der Waals surface area contributed by atoms with Crippen molar-refractivity contribution in [1.82, 2.24) is 10.3 Å². The van der Waals surface area contributed by atoms with Gasteiger partial charge < -0.3 is 10.1 Å². The Morgan fingerprint density at radius 3 is 2.88 bits per heavy atom. The highest BCUT2D eigenvalue weighted by atomic mass is 16.5. The predicted octanol–water partition coefficient (Wildman–Crippen LogP) is 1.67. The van der Waals surface area contributed by atoms with Crippen LogP contribution in [0.25, 0.3) is 0 Å². The quantitative estimate of drug-likeness (QED) is 0.716. The molecule has 3 heteroatoms. The molecular formula is C13H16N2O. The van der Waals surface area contributed by atoms with E-state index in [1.165, 1.54) is 18.4 Å². The van der Waals surface area contributed by atoms with Crippen LogP contribution in [0.2, 0.25) is 0 Å². The van der Waals surface area contributed by atoms with Crippen LogP contribution in [0.4, 0.5) is 0 Å². The molecule has 1 aromatic rings. The first-order valence-electron chi connectivity index (χ1n) is 6.21. The van der Waals surface area contributed by atoms with Crippen LogP contribution in [0.15, 0.2) is 18.5 Å². The molecule has 4 heterocycles. The molecule has 16 heavy (non-hydrogen) atoms. The lowest BCUT2D eigenvalue weighted by Gasteiger charge is -2.37. The van der Waals surface area contributed by atoms with E-state index >= 15 is 0 Å². The Balaban J connectivity index is 1.67. The Labute approximate surface area is 95.2 Å². The van der Waals surface area contributed by atoms with Crippen molar-refractivity contribution in [3.8, 4) is 5.75 Å². The van der Waals surface area contributed by atoms with Crippen molar-refractivity contribution in [2.75, 3.05) is 0 Å². The number of nitrogens with one attached hydrogen (secondary N) is 1. The summed E-state index contributed by atoms with van der Waals surface area (Å²) in [5.41, 5.74) is 1.43. The van der Waals surface area contributed by atoms with E-state index in [0.717, 1.165) is 25.0 Å². The summed E-state index contributed by atoms with van der Waals surface area (Å²) in [5.74, 6) is 1.02. The van der Waals surface area contributed by atoms with Gasteiger partial charge in [0.15, 0.2) is 0 Å². The second-order valence-corrected chi connectivity index (χ2v) is 5.49. The monoisotopic (exact) mass is 216 g/mol. The van der Waals surface area contributed by atoms with Gasteiger partial charge in [-0.2, -0.15) is 0 Å². The van der Waals surface area contributed by atoms with E-state index in [-0.39, 0.29) is 5.60 Å². The second-order valence-electron chi connectivity index (χ2n) is 5.49. The minimum atomic E-state index is 0.0858. The third-order valence-electron chi connectivity index (χ3n) is 4.28. The molecule has 84 valence electrons. The number of piperidine rings is 1. The number of nitrogens with zero attached hydrogens (tertiary/aromatic N) is 1. The molecule has 2 saturated heterocycles. The molecule has 2 atom stereocenters. The summed E-state index contributed by atoms with van der Waals surface area (Å²) in [5, 5.41) is 3.67. The molecule has 2 fully saturated rings. The van der Waals surface area contributed by atoms with Crippen LogP contribution in [-0.2, 0) is 6.42 Å². The number of hydrogen-bond donors (Lipinski definition) is 1. The maximum Gasteiger partial charge on any atom is 0.141 e. The normalized spacial score (nSPS) is 39.8. The molecule has 0 radical (unpaired) electrons. The van der Waals surface area contributed by atoms with E-state index in [1.54, 1.807) is 0 Å². The van der Waals surface area contributed by atoms with Gasteiger partial charge in [-0.05, 0) is 18.9 Å². The van der Waals surface area contributed by atoms with Crippen molar-refractivity contribution >= 4 is 0 Å². The van der Waals surface area contributed by atoms with Crippen molar-refractivity contribution in [1.29, 1.82) is 0 Å². The molecule has 0 amide bonds. The van der Waals surface area contributed by atoms with Crippen LogP contribution >= 0.6 is 0 Å². The molecule has 1 spiro atoms. The standard InChI is InChI=1S/C13H16N2O/c1-2-11-7-13(6-10(1)15-11)5-9-3-4-14-8-12(9)16-13/h3-4,8,10-11,15H,1-2,5-7H2. The Morgan fingerprint density at radius 1 is 1.31 bits per heavy atom. The van der Waals surface area contributed by atoms with E-state index in [1.807, 2.05) is 12.4 Å². The molecule has 3 aliphatic heterocycles. The summed E-state index contributed by atoms with van der Waals surface area (Å²) >= 11 is 0. The first-order chi connectivity index (χ1) is 7.83. The number of rotatable bonds is 0. The summed E-state index contributed by atoms with van der Waals surface area (Å²) in [7, 11) is 0. The van der Waals surface area contributed by atoms with E-state index in [4.69, 9.17) is 4.74 Å². The summed E-state index contributed by atoms with van der Waals surface area (Å²) in [6.45, 7) is 0. The summed E-state index contributed by atoms with van der Waals surface area (Å²) in [6.07, 6.45) is 9.80. The largest absolute Gasteiger partial charge is 0.485 e. The predicted molar refractivity (Wildman–Crippen MR) is 60.5 cm³/mol. The van der Waals surface area contributed by atoms with Crippen LogP contribution in [0.1, 0.15) is 31.2 Å². The van der Waals surface area contributed by atoms with Gasteiger partial charge in [0.25, 0.3) is 0 Å². The molecule has 0 saturated carbocycles. The average molecular weight is 216 g/mol. The average Bonchev–Trinajstić information content (AvgIpc) is 2.78. The zero-order valence-corrected chi connectivity index (χ0v) is 9.28. The van der Waals surface area contributed by atoms with Crippen LogP contribution in [0.3, 0.4) is 0 Å². The number of ether oxygens (including phenoxy) is 1. The first kappa shape index (κ1) is 8.99. The Kier molecular flexibility index (Phi) is 1.67. The zero-order chi connectivity index (χ0) is 10.6.